The van der Waals surface area contributed by atoms with Gasteiger partial charge in [-0.15, -0.1) is 0 Å². The largest absolute Gasteiger partial charge is 0.337 e. The molecule has 0 atom stereocenters. The van der Waals surface area contributed by atoms with Crippen molar-refractivity contribution in [1.29, 1.82) is 0 Å². The summed E-state index contributed by atoms with van der Waals surface area (Å²) in [7, 11) is 0. The van der Waals surface area contributed by atoms with E-state index >= 15 is 0 Å². The Balaban J connectivity index is 1.53. The van der Waals surface area contributed by atoms with Crippen LogP contribution in [-0.2, 0) is 0 Å². The molecule has 0 saturated heterocycles. The molecule has 0 aliphatic heterocycles. The van der Waals surface area contributed by atoms with E-state index in [1.54, 1.807) is 30.7 Å². The molecule has 7 nitrogen and oxygen atoms in total. The summed E-state index contributed by atoms with van der Waals surface area (Å²) in [6.45, 7) is 0. The lowest BCUT2D eigenvalue weighted by atomic mass is 10.0. The van der Waals surface area contributed by atoms with Gasteiger partial charge in [0, 0.05) is 34.5 Å². The second-order valence-electron chi connectivity index (χ2n) is 7.08. The Bertz CT molecular complexity index is 1550. The zero-order valence-electron chi connectivity index (χ0n) is 16.0. The molecule has 31 heavy (non-hydrogen) atoms. The van der Waals surface area contributed by atoms with E-state index in [2.05, 4.69) is 30.1 Å². The van der Waals surface area contributed by atoms with Crippen molar-refractivity contribution in [1.82, 2.24) is 35.1 Å². The second kappa shape index (κ2) is 6.81. The number of hydrogen-bond donors (Lipinski definition) is 2. The maximum absolute atomic E-state index is 14.4. The van der Waals surface area contributed by atoms with Gasteiger partial charge in [-0.2, -0.15) is 5.10 Å². The van der Waals surface area contributed by atoms with Crippen LogP contribution in [0.25, 0.3) is 55.8 Å². The monoisotopic (exact) mass is 407 g/mol. The van der Waals surface area contributed by atoms with Gasteiger partial charge in [-0.25, -0.2) is 19.3 Å². The molecule has 0 saturated carbocycles. The van der Waals surface area contributed by atoms with Crippen LogP contribution in [0.1, 0.15) is 0 Å². The van der Waals surface area contributed by atoms with Crippen LogP contribution in [0.4, 0.5) is 4.39 Å². The lowest BCUT2D eigenvalue weighted by molar-refractivity contribution is 0.631. The number of halogens is 1. The highest BCUT2D eigenvalue weighted by Gasteiger charge is 2.17. The van der Waals surface area contributed by atoms with Crippen LogP contribution >= 0.6 is 0 Å². The number of nitrogens with one attached hydrogen (secondary N) is 2. The number of para-hydroxylation sites is 1. The average molecular weight is 407 g/mol. The number of hydrogen-bond acceptors (Lipinski definition) is 5. The highest BCUT2D eigenvalue weighted by Crippen LogP contribution is 2.33. The third-order valence-electron chi connectivity index (χ3n) is 5.20. The van der Waals surface area contributed by atoms with Gasteiger partial charge in [-0.3, -0.25) is 10.1 Å². The third-order valence-corrected chi connectivity index (χ3v) is 5.20. The second-order valence-corrected chi connectivity index (χ2v) is 7.08. The fourth-order valence-electron chi connectivity index (χ4n) is 3.73. The van der Waals surface area contributed by atoms with Crippen molar-refractivity contribution < 1.29 is 4.39 Å². The lowest BCUT2D eigenvalue weighted by Gasteiger charge is -2.03. The molecule has 0 aliphatic rings. The Morgan fingerprint density at radius 2 is 1.68 bits per heavy atom. The van der Waals surface area contributed by atoms with Crippen molar-refractivity contribution in [2.75, 3.05) is 0 Å². The maximum Gasteiger partial charge on any atom is 0.159 e. The Hall–Kier alpha value is -4.46. The molecular formula is C23H14FN7. The first kappa shape index (κ1) is 17.4. The summed E-state index contributed by atoms with van der Waals surface area (Å²) in [6, 6.07) is 14.3. The van der Waals surface area contributed by atoms with Gasteiger partial charge in [0.25, 0.3) is 0 Å². The van der Waals surface area contributed by atoms with Crippen LogP contribution in [0.15, 0.2) is 73.4 Å². The summed E-state index contributed by atoms with van der Waals surface area (Å²) in [5, 5.41) is 8.31. The first-order chi connectivity index (χ1) is 15.3. The molecule has 148 valence electrons. The third kappa shape index (κ3) is 2.84. The Kier molecular flexibility index (Phi) is 3.82. The summed E-state index contributed by atoms with van der Waals surface area (Å²) in [4.78, 5) is 20.7. The van der Waals surface area contributed by atoms with Crippen LogP contribution in [0.3, 0.4) is 0 Å². The zero-order chi connectivity index (χ0) is 20.8. The number of nitrogens with zero attached hydrogens (tertiary/aromatic N) is 5. The minimum absolute atomic E-state index is 0.287. The molecule has 0 spiro atoms. The average Bonchev–Trinajstić information content (AvgIpc) is 3.43. The van der Waals surface area contributed by atoms with Gasteiger partial charge < -0.3 is 4.98 Å². The van der Waals surface area contributed by atoms with E-state index in [4.69, 9.17) is 4.98 Å². The van der Waals surface area contributed by atoms with E-state index in [0.29, 0.717) is 22.6 Å². The minimum atomic E-state index is -0.287. The predicted molar refractivity (Wildman–Crippen MR) is 115 cm³/mol. The summed E-state index contributed by atoms with van der Waals surface area (Å²) in [6.07, 6.45) is 6.63. The number of imidazole rings is 1. The van der Waals surface area contributed by atoms with Crippen molar-refractivity contribution in [3.05, 3.63) is 79.3 Å². The van der Waals surface area contributed by atoms with E-state index in [1.807, 2.05) is 30.3 Å². The number of fused-ring (bicyclic) bond motifs is 2. The van der Waals surface area contributed by atoms with Gasteiger partial charge in [-0.05, 0) is 18.2 Å². The molecule has 0 aliphatic carbocycles. The van der Waals surface area contributed by atoms with Gasteiger partial charge in [0.15, 0.2) is 5.82 Å². The quantitative estimate of drug-likeness (QED) is 0.441. The Morgan fingerprint density at radius 3 is 2.55 bits per heavy atom. The molecule has 2 N–H and O–H groups in total. The van der Waals surface area contributed by atoms with Crippen molar-refractivity contribution in [2.45, 2.75) is 0 Å². The van der Waals surface area contributed by atoms with Crippen LogP contribution < -0.4 is 0 Å². The number of H-pyrrole nitrogens is 2. The summed E-state index contributed by atoms with van der Waals surface area (Å²) in [5.41, 5.74) is 5.70. The zero-order valence-corrected chi connectivity index (χ0v) is 16.0. The molecular weight excluding hydrogens is 393 g/mol. The van der Waals surface area contributed by atoms with E-state index < -0.39 is 0 Å². The van der Waals surface area contributed by atoms with E-state index in [1.165, 1.54) is 12.4 Å². The van der Waals surface area contributed by atoms with Gasteiger partial charge in [-0.1, -0.05) is 30.3 Å². The van der Waals surface area contributed by atoms with E-state index in [0.717, 1.165) is 33.2 Å². The maximum atomic E-state index is 14.4. The molecule has 0 radical (unpaired) electrons. The SMILES string of the molecule is Fc1ccccc1-c1cccc2[nH]c(-c3n[nH]c4cnc(-c5cncnc5)cc34)nc12. The van der Waals surface area contributed by atoms with Crippen LogP contribution in [0.2, 0.25) is 0 Å². The summed E-state index contributed by atoms with van der Waals surface area (Å²) < 4.78 is 14.4. The van der Waals surface area contributed by atoms with Gasteiger partial charge in [0.2, 0.25) is 0 Å². The number of pyridine rings is 1. The number of benzene rings is 2. The van der Waals surface area contributed by atoms with Crippen molar-refractivity contribution in [2.24, 2.45) is 0 Å². The molecule has 0 amide bonds. The predicted octanol–water partition coefficient (Wildman–Crippen LogP) is 4.76. The molecule has 0 bridgehead atoms. The highest BCUT2D eigenvalue weighted by atomic mass is 19.1. The molecule has 0 fully saturated rings. The molecule has 8 heteroatoms. The molecule has 4 aromatic heterocycles. The van der Waals surface area contributed by atoms with Crippen molar-refractivity contribution >= 4 is 21.9 Å². The topological polar surface area (TPSA) is 96.0 Å². The first-order valence-electron chi connectivity index (χ1n) is 9.61. The van der Waals surface area contributed by atoms with Gasteiger partial charge >= 0.3 is 0 Å². The summed E-state index contributed by atoms with van der Waals surface area (Å²) >= 11 is 0. The van der Waals surface area contributed by atoms with Crippen LogP contribution in [0, 0.1) is 5.82 Å². The normalized spacial score (nSPS) is 11.4. The molecule has 2 aromatic carbocycles. The summed E-state index contributed by atoms with van der Waals surface area (Å²) in [5.74, 6) is 0.303. The molecule has 6 aromatic rings. The molecule has 0 unspecified atom stereocenters. The fraction of sp³-hybridized carbons (Fsp3) is 0. The van der Waals surface area contributed by atoms with E-state index in [-0.39, 0.29) is 5.82 Å². The Morgan fingerprint density at radius 1 is 0.839 bits per heavy atom. The first-order valence-corrected chi connectivity index (χ1v) is 9.61. The lowest BCUT2D eigenvalue weighted by Crippen LogP contribution is -1.87. The highest BCUT2D eigenvalue weighted by molar-refractivity contribution is 5.97. The van der Waals surface area contributed by atoms with Crippen LogP contribution in [-0.4, -0.2) is 35.1 Å². The number of aromatic nitrogens is 7. The smallest absolute Gasteiger partial charge is 0.159 e. The molecule has 6 rings (SSSR count). The van der Waals surface area contributed by atoms with Gasteiger partial charge in [0.05, 0.1) is 28.4 Å². The fourth-order valence-corrected chi connectivity index (χ4v) is 3.73. The van der Waals surface area contributed by atoms with E-state index in [9.17, 15) is 4.39 Å². The molecule has 4 heterocycles. The van der Waals surface area contributed by atoms with Crippen molar-refractivity contribution in [3.63, 3.8) is 0 Å². The standard InChI is InChI=1S/C23H14FN7/c24-17-6-2-1-4-14(17)15-5-3-7-18-21(15)29-23(28-18)22-16-8-19(13-9-25-12-26-10-13)27-11-20(16)30-31-22/h1-12H,(H,28,29)(H,30,31). The minimum Gasteiger partial charge on any atom is -0.337 e. The van der Waals surface area contributed by atoms with Crippen LogP contribution in [0.5, 0.6) is 0 Å². The van der Waals surface area contributed by atoms with Gasteiger partial charge in [0.1, 0.15) is 17.8 Å². The number of aromatic amines is 2. The number of rotatable bonds is 3. The Labute approximate surface area is 175 Å². The van der Waals surface area contributed by atoms with Crippen molar-refractivity contribution in [3.8, 4) is 33.9 Å².